The summed E-state index contributed by atoms with van der Waals surface area (Å²) in [5, 5.41) is 0. The normalized spacial score (nSPS) is 8.44. The van der Waals surface area contributed by atoms with Gasteiger partial charge >= 0.3 is 0 Å². The lowest BCUT2D eigenvalue weighted by Crippen LogP contribution is -1.75. The van der Waals surface area contributed by atoms with Crippen molar-refractivity contribution in [3.63, 3.8) is 0 Å². The average Bonchev–Trinajstić information content (AvgIpc) is 1.80. The third kappa shape index (κ3) is 7.30. The van der Waals surface area contributed by atoms with Gasteiger partial charge in [0.25, 0.3) is 0 Å². The van der Waals surface area contributed by atoms with Crippen LogP contribution in [-0.4, -0.2) is 0 Å². The Kier molecular flexibility index (Phi) is 5.01. The van der Waals surface area contributed by atoms with Crippen LogP contribution in [0.5, 0.6) is 0 Å². The first kappa shape index (κ1) is 8.30. The van der Waals surface area contributed by atoms with E-state index in [2.05, 4.69) is 19.4 Å². The van der Waals surface area contributed by atoms with E-state index in [9.17, 15) is 0 Å². The second-order valence-corrected chi connectivity index (χ2v) is 2.37. The maximum atomic E-state index is 5.07. The molecule has 0 saturated heterocycles. The Balaban J connectivity index is 2.94. The maximum absolute atomic E-state index is 5.07. The van der Waals surface area contributed by atoms with E-state index in [0.29, 0.717) is 0 Å². The number of hydrogen-bond acceptors (Lipinski definition) is 0. The number of unbranched alkanes of at least 4 members (excludes halogenated alkanes) is 2. The maximum Gasteiger partial charge on any atom is 0.00861 e. The van der Waals surface area contributed by atoms with Crippen LogP contribution in [0.4, 0.5) is 0 Å². The summed E-state index contributed by atoms with van der Waals surface area (Å²) in [5.41, 5.74) is 1.26. The lowest BCUT2D eigenvalue weighted by atomic mass is 10.1. The fraction of sp³-hybridized carbons (Fsp3) is 0.556. The molecule has 0 heteroatoms. The van der Waals surface area contributed by atoms with E-state index in [1.807, 2.05) is 0 Å². The van der Waals surface area contributed by atoms with Crippen LogP contribution in [0.2, 0.25) is 0 Å². The minimum atomic E-state index is 0.910. The van der Waals surface area contributed by atoms with Gasteiger partial charge in [-0.05, 0) is 26.2 Å². The summed E-state index contributed by atoms with van der Waals surface area (Å²) in [5.74, 6) is 2.61. The highest BCUT2D eigenvalue weighted by Gasteiger charge is 1.85. The van der Waals surface area contributed by atoms with Crippen LogP contribution < -0.4 is 0 Å². The van der Waals surface area contributed by atoms with Crippen LogP contribution in [0.3, 0.4) is 0 Å². The molecule has 0 N–H and O–H groups in total. The van der Waals surface area contributed by atoms with Gasteiger partial charge in [-0.3, -0.25) is 0 Å². The number of terminal acetylenes is 1. The fourth-order valence-electron chi connectivity index (χ4n) is 0.654. The van der Waals surface area contributed by atoms with Crippen molar-refractivity contribution >= 4 is 0 Å². The highest BCUT2D eigenvalue weighted by Crippen LogP contribution is 2.04. The Morgan fingerprint density at radius 3 is 2.67 bits per heavy atom. The van der Waals surface area contributed by atoms with E-state index >= 15 is 0 Å². The van der Waals surface area contributed by atoms with Crippen molar-refractivity contribution in [2.45, 2.75) is 32.6 Å². The first-order valence-corrected chi connectivity index (χ1v) is 3.35. The van der Waals surface area contributed by atoms with Crippen molar-refractivity contribution in [3.8, 4) is 12.3 Å². The number of hydrogen-bond donors (Lipinski definition) is 0. The van der Waals surface area contributed by atoms with E-state index in [1.165, 1.54) is 12.0 Å². The van der Waals surface area contributed by atoms with Crippen LogP contribution >= 0.6 is 0 Å². The van der Waals surface area contributed by atoms with E-state index in [1.54, 1.807) is 0 Å². The topological polar surface area (TPSA) is 0 Å². The molecule has 0 aliphatic carbocycles. The minimum Gasteiger partial charge on any atom is -0.120 e. The molecule has 0 unspecified atom stereocenters. The molecule has 9 heavy (non-hydrogen) atoms. The molecule has 0 heterocycles. The van der Waals surface area contributed by atoms with Crippen molar-refractivity contribution in [2.24, 2.45) is 0 Å². The van der Waals surface area contributed by atoms with Crippen molar-refractivity contribution in [2.75, 3.05) is 0 Å². The molecule has 0 fully saturated rings. The molecule has 0 radical (unpaired) electrons. The molecule has 50 valence electrons. The van der Waals surface area contributed by atoms with Crippen molar-refractivity contribution < 1.29 is 0 Å². The highest BCUT2D eigenvalue weighted by atomic mass is 13.9. The standard InChI is InChI=1S/C9H14/c1-4-5-6-7-8-9(2)3/h1H,2,5-8H2,3H3. The average molecular weight is 122 g/mol. The SMILES string of the molecule is C#CCCCCC(=C)C. The first-order valence-electron chi connectivity index (χ1n) is 3.35. The molecular weight excluding hydrogens is 108 g/mol. The first-order chi connectivity index (χ1) is 4.27. The predicted molar refractivity (Wildman–Crippen MR) is 42.1 cm³/mol. The summed E-state index contributed by atoms with van der Waals surface area (Å²) in [7, 11) is 0. The Morgan fingerprint density at radius 1 is 1.56 bits per heavy atom. The van der Waals surface area contributed by atoms with E-state index in [0.717, 1.165) is 19.3 Å². The second-order valence-electron chi connectivity index (χ2n) is 2.37. The van der Waals surface area contributed by atoms with Crippen LogP contribution in [0.25, 0.3) is 0 Å². The van der Waals surface area contributed by atoms with Gasteiger partial charge in [0.1, 0.15) is 0 Å². The van der Waals surface area contributed by atoms with E-state index < -0.39 is 0 Å². The molecule has 0 saturated carbocycles. The molecule has 0 bridgehead atoms. The van der Waals surface area contributed by atoms with Crippen LogP contribution in [-0.2, 0) is 0 Å². The van der Waals surface area contributed by atoms with Crippen LogP contribution in [0, 0.1) is 12.3 Å². The summed E-state index contributed by atoms with van der Waals surface area (Å²) in [6.07, 6.45) is 9.45. The van der Waals surface area contributed by atoms with Gasteiger partial charge in [0.05, 0.1) is 0 Å². The number of rotatable bonds is 4. The zero-order chi connectivity index (χ0) is 7.11. The van der Waals surface area contributed by atoms with Gasteiger partial charge in [0, 0.05) is 6.42 Å². The summed E-state index contributed by atoms with van der Waals surface area (Å²) in [6, 6.07) is 0. The fourth-order valence-corrected chi connectivity index (χ4v) is 0.654. The molecule has 0 atom stereocenters. The molecule has 0 spiro atoms. The Bertz CT molecular complexity index is 114. The molecule has 0 rings (SSSR count). The van der Waals surface area contributed by atoms with Gasteiger partial charge in [0.2, 0.25) is 0 Å². The third-order valence-electron chi connectivity index (χ3n) is 1.17. The zero-order valence-corrected chi connectivity index (χ0v) is 6.11. The summed E-state index contributed by atoms with van der Waals surface area (Å²) >= 11 is 0. The summed E-state index contributed by atoms with van der Waals surface area (Å²) in [6.45, 7) is 5.85. The van der Waals surface area contributed by atoms with Gasteiger partial charge in [-0.25, -0.2) is 0 Å². The van der Waals surface area contributed by atoms with Crippen LogP contribution in [0.15, 0.2) is 12.2 Å². The van der Waals surface area contributed by atoms with Crippen molar-refractivity contribution in [1.29, 1.82) is 0 Å². The minimum absolute atomic E-state index is 0.910. The Hall–Kier alpha value is -0.700. The van der Waals surface area contributed by atoms with Gasteiger partial charge in [0.15, 0.2) is 0 Å². The Morgan fingerprint density at radius 2 is 2.22 bits per heavy atom. The molecule has 0 aromatic rings. The van der Waals surface area contributed by atoms with Crippen molar-refractivity contribution in [3.05, 3.63) is 12.2 Å². The third-order valence-corrected chi connectivity index (χ3v) is 1.17. The van der Waals surface area contributed by atoms with Gasteiger partial charge in [-0.2, -0.15) is 0 Å². The molecule has 0 nitrogen and oxygen atoms in total. The van der Waals surface area contributed by atoms with Crippen LogP contribution in [0.1, 0.15) is 32.6 Å². The summed E-state index contributed by atoms with van der Waals surface area (Å²) < 4.78 is 0. The predicted octanol–water partition coefficient (Wildman–Crippen LogP) is 2.76. The lowest BCUT2D eigenvalue weighted by molar-refractivity contribution is 0.752. The molecule has 0 aliphatic heterocycles. The smallest absolute Gasteiger partial charge is 0.00861 e. The van der Waals surface area contributed by atoms with E-state index in [4.69, 9.17) is 6.42 Å². The van der Waals surface area contributed by atoms with Gasteiger partial charge < -0.3 is 0 Å². The quantitative estimate of drug-likeness (QED) is 0.305. The molecule has 0 aromatic heterocycles. The highest BCUT2D eigenvalue weighted by molar-refractivity contribution is 4.88. The lowest BCUT2D eigenvalue weighted by Gasteiger charge is -1.94. The van der Waals surface area contributed by atoms with Gasteiger partial charge in [-0.1, -0.05) is 5.57 Å². The summed E-state index contributed by atoms with van der Waals surface area (Å²) in [4.78, 5) is 0. The largest absolute Gasteiger partial charge is 0.120 e. The zero-order valence-electron chi connectivity index (χ0n) is 6.11. The monoisotopic (exact) mass is 122 g/mol. The molecular formula is C9H14. The van der Waals surface area contributed by atoms with Gasteiger partial charge in [-0.15, -0.1) is 18.9 Å². The number of allylic oxidation sites excluding steroid dienone is 1. The molecule has 0 aromatic carbocycles. The Labute approximate surface area is 58.0 Å². The van der Waals surface area contributed by atoms with Crippen molar-refractivity contribution in [1.82, 2.24) is 0 Å². The molecule has 0 aliphatic rings. The molecule has 0 amide bonds. The van der Waals surface area contributed by atoms with E-state index in [-0.39, 0.29) is 0 Å². The second kappa shape index (κ2) is 5.44.